The van der Waals surface area contributed by atoms with Crippen molar-refractivity contribution in [3.63, 3.8) is 0 Å². The molecule has 5 atom stereocenters. The van der Waals surface area contributed by atoms with Gasteiger partial charge in [0.15, 0.2) is 0 Å². The number of esters is 1. The summed E-state index contributed by atoms with van der Waals surface area (Å²) in [5.41, 5.74) is 10.5. The third kappa shape index (κ3) is 3.89. The molecule has 0 saturated carbocycles. The average molecular weight is 358 g/mol. The van der Waals surface area contributed by atoms with Gasteiger partial charge in [0.05, 0.1) is 11.4 Å². The number of nitrogen functional groups attached to an aromatic ring is 1. The summed E-state index contributed by atoms with van der Waals surface area (Å²) in [6.45, 7) is 3.48. The molecule has 0 amide bonds. The van der Waals surface area contributed by atoms with Crippen molar-refractivity contribution >= 4 is 23.5 Å². The molecule has 1 aliphatic heterocycles. The number of ether oxygens (including phenoxy) is 1. The van der Waals surface area contributed by atoms with Gasteiger partial charge in [0.25, 0.3) is 0 Å². The average Bonchev–Trinajstić information content (AvgIpc) is 2.80. The number of nitrogens with two attached hydrogens (primary N) is 2. The molecule has 134 valence electrons. The number of hydrogen-bond acceptors (Lipinski definition) is 9. The van der Waals surface area contributed by atoms with Crippen molar-refractivity contribution in [3.8, 4) is 0 Å². The topological polar surface area (TPSA) is 154 Å². The summed E-state index contributed by atoms with van der Waals surface area (Å²) in [4.78, 5) is 27.3. The van der Waals surface area contributed by atoms with Crippen LogP contribution in [0.4, 0.5) is 5.82 Å². The lowest BCUT2D eigenvalue weighted by molar-refractivity contribution is -0.147. The van der Waals surface area contributed by atoms with Crippen LogP contribution >= 0.6 is 11.8 Å². The van der Waals surface area contributed by atoms with Crippen LogP contribution in [0.1, 0.15) is 19.2 Å². The standard InChI is InChI=1S/C14H22N4O5S/c1-6(2)9(16)13(21)23-5-7-10(19)11(20)12(24-7)18-4-3-8(15)17-14(18)22/h3-4,6-7,9-12,19-20H,5,16H2,1-2H3,(H2,15,17,22)/t7-,9+,10?,11?,12-/m1/s1. The highest BCUT2D eigenvalue weighted by atomic mass is 32.2. The number of aromatic nitrogens is 2. The number of aliphatic hydroxyl groups excluding tert-OH is 2. The number of carbonyl (C=O) groups is 1. The molecule has 10 heteroatoms. The molecule has 1 aliphatic rings. The molecule has 0 spiro atoms. The second-order valence-electron chi connectivity index (χ2n) is 5.99. The van der Waals surface area contributed by atoms with E-state index in [0.717, 1.165) is 11.8 Å². The van der Waals surface area contributed by atoms with Gasteiger partial charge in [-0.05, 0) is 12.0 Å². The summed E-state index contributed by atoms with van der Waals surface area (Å²) in [6, 6.07) is 0.675. The Labute approximate surface area is 143 Å². The lowest BCUT2D eigenvalue weighted by Crippen LogP contribution is -2.40. The molecule has 0 aromatic carbocycles. The van der Waals surface area contributed by atoms with Crippen LogP contribution < -0.4 is 17.2 Å². The Morgan fingerprint density at radius 3 is 2.71 bits per heavy atom. The molecule has 6 N–H and O–H groups in total. The van der Waals surface area contributed by atoms with Gasteiger partial charge in [0.2, 0.25) is 0 Å². The van der Waals surface area contributed by atoms with Crippen LogP contribution in [0.5, 0.6) is 0 Å². The van der Waals surface area contributed by atoms with E-state index < -0.39 is 40.5 Å². The Bertz CT molecular complexity index is 652. The van der Waals surface area contributed by atoms with E-state index in [1.807, 2.05) is 0 Å². The highest BCUT2D eigenvalue weighted by Crippen LogP contribution is 2.41. The summed E-state index contributed by atoms with van der Waals surface area (Å²) >= 11 is 1.13. The smallest absolute Gasteiger partial charge is 0.350 e. The summed E-state index contributed by atoms with van der Waals surface area (Å²) in [5, 5.41) is 19.0. The Morgan fingerprint density at radius 1 is 1.46 bits per heavy atom. The molecule has 2 heterocycles. The third-order valence-electron chi connectivity index (χ3n) is 3.84. The molecular weight excluding hydrogens is 336 g/mol. The lowest BCUT2D eigenvalue weighted by atomic mass is 10.1. The molecule has 0 bridgehead atoms. The molecule has 1 saturated heterocycles. The van der Waals surface area contributed by atoms with Gasteiger partial charge < -0.3 is 26.4 Å². The van der Waals surface area contributed by atoms with Crippen molar-refractivity contribution < 1.29 is 19.7 Å². The zero-order valence-corrected chi connectivity index (χ0v) is 14.2. The van der Waals surface area contributed by atoms with Crippen LogP contribution in [0.3, 0.4) is 0 Å². The molecule has 0 aliphatic carbocycles. The molecule has 24 heavy (non-hydrogen) atoms. The van der Waals surface area contributed by atoms with Gasteiger partial charge in [-0.2, -0.15) is 4.98 Å². The fraction of sp³-hybridized carbons (Fsp3) is 0.643. The zero-order chi connectivity index (χ0) is 18.0. The number of thioether (sulfide) groups is 1. The summed E-state index contributed by atoms with van der Waals surface area (Å²) in [6.07, 6.45) is -0.963. The van der Waals surface area contributed by atoms with Crippen molar-refractivity contribution in [2.75, 3.05) is 12.3 Å². The molecule has 0 radical (unpaired) electrons. The zero-order valence-electron chi connectivity index (χ0n) is 13.4. The molecule has 2 unspecified atom stereocenters. The molecule has 1 fully saturated rings. The first-order valence-corrected chi connectivity index (χ1v) is 8.45. The monoisotopic (exact) mass is 358 g/mol. The van der Waals surface area contributed by atoms with E-state index in [2.05, 4.69) is 4.98 Å². The fourth-order valence-electron chi connectivity index (χ4n) is 2.25. The van der Waals surface area contributed by atoms with E-state index in [4.69, 9.17) is 16.2 Å². The lowest BCUT2D eigenvalue weighted by Gasteiger charge is -2.18. The maximum atomic E-state index is 11.9. The minimum Gasteiger partial charge on any atom is -0.463 e. The SMILES string of the molecule is CC(C)[C@H](N)C(=O)OC[C@H]1S[C@@H](n2ccc(N)nc2=O)C(O)C1O. The first kappa shape index (κ1) is 18.7. The van der Waals surface area contributed by atoms with Gasteiger partial charge in [0, 0.05) is 6.20 Å². The highest BCUT2D eigenvalue weighted by Gasteiger charge is 2.44. The first-order valence-electron chi connectivity index (χ1n) is 7.51. The van der Waals surface area contributed by atoms with Crippen LogP contribution in [-0.2, 0) is 9.53 Å². The number of anilines is 1. The normalized spacial score (nSPS) is 28.1. The van der Waals surface area contributed by atoms with E-state index in [1.54, 1.807) is 13.8 Å². The first-order chi connectivity index (χ1) is 11.2. The van der Waals surface area contributed by atoms with Gasteiger partial charge in [-0.3, -0.25) is 9.36 Å². The number of rotatable bonds is 5. The Hall–Kier alpha value is -1.62. The van der Waals surface area contributed by atoms with E-state index in [1.165, 1.54) is 16.8 Å². The summed E-state index contributed by atoms with van der Waals surface area (Å²) in [5.74, 6) is -0.569. The Morgan fingerprint density at radius 2 is 2.12 bits per heavy atom. The van der Waals surface area contributed by atoms with E-state index in [-0.39, 0.29) is 18.3 Å². The predicted octanol–water partition coefficient (Wildman–Crippen LogP) is -1.31. The van der Waals surface area contributed by atoms with E-state index >= 15 is 0 Å². The molecule has 1 aromatic heterocycles. The Balaban J connectivity index is 2.05. The van der Waals surface area contributed by atoms with Gasteiger partial charge in [0.1, 0.15) is 29.9 Å². The van der Waals surface area contributed by atoms with Crippen molar-refractivity contribution in [1.82, 2.24) is 9.55 Å². The quantitative estimate of drug-likeness (QED) is 0.470. The third-order valence-corrected chi connectivity index (χ3v) is 5.39. The minimum absolute atomic E-state index is 0.0717. The van der Waals surface area contributed by atoms with Crippen LogP contribution in [0, 0.1) is 5.92 Å². The minimum atomic E-state index is -1.21. The maximum Gasteiger partial charge on any atom is 0.350 e. The largest absolute Gasteiger partial charge is 0.463 e. The molecule has 1 aromatic rings. The molecule has 2 rings (SSSR count). The van der Waals surface area contributed by atoms with Crippen LogP contribution in [-0.4, -0.2) is 55.8 Å². The number of hydrogen-bond donors (Lipinski definition) is 4. The van der Waals surface area contributed by atoms with Crippen LogP contribution in [0.15, 0.2) is 17.1 Å². The second-order valence-corrected chi connectivity index (χ2v) is 7.35. The van der Waals surface area contributed by atoms with Gasteiger partial charge in [-0.1, -0.05) is 13.8 Å². The van der Waals surface area contributed by atoms with Gasteiger partial charge in [-0.15, -0.1) is 11.8 Å². The van der Waals surface area contributed by atoms with Gasteiger partial charge >= 0.3 is 11.7 Å². The van der Waals surface area contributed by atoms with Gasteiger partial charge in [-0.25, -0.2) is 4.79 Å². The predicted molar refractivity (Wildman–Crippen MR) is 89.1 cm³/mol. The Kier molecular flexibility index (Phi) is 5.86. The van der Waals surface area contributed by atoms with Crippen LogP contribution in [0.25, 0.3) is 0 Å². The van der Waals surface area contributed by atoms with Crippen LogP contribution in [0.2, 0.25) is 0 Å². The number of nitrogens with zero attached hydrogens (tertiary/aromatic N) is 2. The summed E-state index contributed by atoms with van der Waals surface area (Å²) < 4.78 is 6.31. The highest BCUT2D eigenvalue weighted by molar-refractivity contribution is 8.00. The van der Waals surface area contributed by atoms with Crippen molar-refractivity contribution in [3.05, 3.63) is 22.7 Å². The fourth-order valence-corrected chi connectivity index (χ4v) is 3.69. The van der Waals surface area contributed by atoms with E-state index in [9.17, 15) is 19.8 Å². The second kappa shape index (κ2) is 7.51. The van der Waals surface area contributed by atoms with Crippen molar-refractivity contribution in [2.45, 2.75) is 42.7 Å². The van der Waals surface area contributed by atoms with Crippen molar-refractivity contribution in [2.24, 2.45) is 11.7 Å². The van der Waals surface area contributed by atoms with E-state index in [0.29, 0.717) is 0 Å². The molecular formula is C14H22N4O5S. The summed E-state index contributed by atoms with van der Waals surface area (Å²) in [7, 11) is 0. The number of aliphatic hydroxyl groups is 2. The number of carbonyl (C=O) groups excluding carboxylic acids is 1. The maximum absolute atomic E-state index is 11.9. The molecule has 9 nitrogen and oxygen atoms in total. The van der Waals surface area contributed by atoms with Crippen molar-refractivity contribution in [1.29, 1.82) is 0 Å².